The predicted octanol–water partition coefficient (Wildman–Crippen LogP) is 3.28. The number of carbonyl (C=O) groups excluding carboxylic acids is 2. The number of hydrogen-bond acceptors (Lipinski definition) is 5. The maximum Gasteiger partial charge on any atom is 0.348 e. The van der Waals surface area contributed by atoms with E-state index in [1.165, 1.54) is 23.5 Å². The molecule has 2 heterocycles. The van der Waals surface area contributed by atoms with Crippen LogP contribution < -0.4 is 5.32 Å². The molecular weight excluding hydrogens is 369 g/mol. The maximum absolute atomic E-state index is 13.1. The van der Waals surface area contributed by atoms with Gasteiger partial charge in [0, 0.05) is 11.4 Å². The fraction of sp³-hybridized carbons (Fsp3) is 0.316. The SMILES string of the molecule is Cc1nn(Cc2ccc(F)cc2)c2sc(C(=O)OCC(=O)NC(C)C)cc12. The molecule has 0 spiro atoms. The molecule has 0 aliphatic heterocycles. The van der Waals surface area contributed by atoms with E-state index in [4.69, 9.17) is 4.74 Å². The molecule has 0 aliphatic carbocycles. The van der Waals surface area contributed by atoms with Crippen molar-refractivity contribution in [3.05, 3.63) is 52.3 Å². The molecule has 0 aliphatic rings. The van der Waals surface area contributed by atoms with Crippen molar-refractivity contribution in [1.29, 1.82) is 0 Å². The van der Waals surface area contributed by atoms with E-state index in [-0.39, 0.29) is 24.4 Å². The number of nitrogens with one attached hydrogen (secondary N) is 1. The van der Waals surface area contributed by atoms with E-state index in [9.17, 15) is 14.0 Å². The highest BCUT2D eigenvalue weighted by molar-refractivity contribution is 7.20. The molecule has 1 amide bonds. The summed E-state index contributed by atoms with van der Waals surface area (Å²) < 4.78 is 19.9. The van der Waals surface area contributed by atoms with Crippen LogP contribution in [0.25, 0.3) is 10.2 Å². The summed E-state index contributed by atoms with van der Waals surface area (Å²) in [7, 11) is 0. The number of fused-ring (bicyclic) bond motifs is 1. The zero-order valence-electron chi connectivity index (χ0n) is 15.3. The average molecular weight is 389 g/mol. The van der Waals surface area contributed by atoms with Gasteiger partial charge in [0.1, 0.15) is 15.5 Å². The highest BCUT2D eigenvalue weighted by Crippen LogP contribution is 2.29. The molecule has 1 N–H and O–H groups in total. The van der Waals surface area contributed by atoms with Gasteiger partial charge in [-0.25, -0.2) is 9.18 Å². The van der Waals surface area contributed by atoms with Gasteiger partial charge in [0.25, 0.3) is 5.91 Å². The first-order chi connectivity index (χ1) is 12.8. The summed E-state index contributed by atoms with van der Waals surface area (Å²) in [6.07, 6.45) is 0. The van der Waals surface area contributed by atoms with E-state index in [2.05, 4.69) is 10.4 Å². The highest BCUT2D eigenvalue weighted by atomic mass is 32.1. The Morgan fingerprint density at radius 2 is 2.00 bits per heavy atom. The number of aryl methyl sites for hydroxylation is 1. The molecule has 3 rings (SSSR count). The Bertz CT molecular complexity index is 976. The molecule has 0 fully saturated rings. The highest BCUT2D eigenvalue weighted by Gasteiger charge is 2.18. The van der Waals surface area contributed by atoms with Crippen molar-refractivity contribution in [1.82, 2.24) is 15.1 Å². The smallest absolute Gasteiger partial charge is 0.348 e. The third kappa shape index (κ3) is 4.51. The van der Waals surface area contributed by atoms with Gasteiger partial charge < -0.3 is 10.1 Å². The van der Waals surface area contributed by atoms with Crippen LogP contribution in [0.2, 0.25) is 0 Å². The number of hydrogen-bond donors (Lipinski definition) is 1. The third-order valence-corrected chi connectivity index (χ3v) is 4.97. The van der Waals surface area contributed by atoms with Crippen molar-refractivity contribution >= 4 is 33.4 Å². The number of ether oxygens (including phenoxy) is 1. The van der Waals surface area contributed by atoms with Crippen molar-refractivity contribution in [2.75, 3.05) is 6.61 Å². The average Bonchev–Trinajstić information content (AvgIpc) is 3.16. The van der Waals surface area contributed by atoms with Gasteiger partial charge in [-0.2, -0.15) is 5.10 Å². The van der Waals surface area contributed by atoms with E-state index in [0.717, 1.165) is 21.5 Å². The second kappa shape index (κ2) is 7.87. The van der Waals surface area contributed by atoms with Crippen LogP contribution in [-0.4, -0.2) is 34.3 Å². The molecule has 3 aromatic rings. The molecule has 27 heavy (non-hydrogen) atoms. The second-order valence-electron chi connectivity index (χ2n) is 6.50. The molecule has 8 heteroatoms. The summed E-state index contributed by atoms with van der Waals surface area (Å²) in [5.74, 6) is -1.16. The van der Waals surface area contributed by atoms with Crippen molar-refractivity contribution in [2.24, 2.45) is 0 Å². The number of amides is 1. The Morgan fingerprint density at radius 3 is 2.67 bits per heavy atom. The molecular formula is C19H20FN3O3S. The quantitative estimate of drug-likeness (QED) is 0.657. The number of esters is 1. The Balaban J connectivity index is 1.76. The van der Waals surface area contributed by atoms with Gasteiger partial charge >= 0.3 is 5.97 Å². The molecule has 0 saturated heterocycles. The number of benzene rings is 1. The van der Waals surface area contributed by atoms with Gasteiger partial charge in [-0.1, -0.05) is 12.1 Å². The summed E-state index contributed by atoms with van der Waals surface area (Å²) in [4.78, 5) is 25.1. The minimum atomic E-state index is -0.539. The summed E-state index contributed by atoms with van der Waals surface area (Å²) in [6.45, 7) is 5.69. The van der Waals surface area contributed by atoms with Crippen molar-refractivity contribution < 1.29 is 18.7 Å². The Hall–Kier alpha value is -2.74. The summed E-state index contributed by atoms with van der Waals surface area (Å²) in [5.41, 5.74) is 1.70. The normalized spacial score (nSPS) is 11.1. The maximum atomic E-state index is 13.1. The van der Waals surface area contributed by atoms with Crippen LogP contribution in [0.15, 0.2) is 30.3 Å². The molecule has 2 aromatic heterocycles. The lowest BCUT2D eigenvalue weighted by molar-refractivity contribution is -0.124. The molecule has 1 aromatic carbocycles. The zero-order valence-corrected chi connectivity index (χ0v) is 16.1. The standard InChI is InChI=1S/C19H20FN3O3S/c1-11(2)21-17(24)10-26-19(25)16-8-15-12(3)22-23(18(15)27-16)9-13-4-6-14(20)7-5-13/h4-8,11H,9-10H2,1-3H3,(H,21,24). The zero-order chi connectivity index (χ0) is 19.6. The number of nitrogens with zero attached hydrogens (tertiary/aromatic N) is 2. The van der Waals surface area contributed by atoms with Gasteiger partial charge in [-0.15, -0.1) is 11.3 Å². The molecule has 0 radical (unpaired) electrons. The number of halogens is 1. The lowest BCUT2D eigenvalue weighted by Gasteiger charge is -2.08. The Morgan fingerprint density at radius 1 is 1.30 bits per heavy atom. The number of aromatic nitrogens is 2. The first-order valence-corrected chi connectivity index (χ1v) is 9.33. The first-order valence-electron chi connectivity index (χ1n) is 8.51. The van der Waals surface area contributed by atoms with Crippen molar-refractivity contribution in [3.8, 4) is 0 Å². The second-order valence-corrected chi connectivity index (χ2v) is 7.53. The number of thiophene rings is 1. The summed E-state index contributed by atoms with van der Waals surface area (Å²) >= 11 is 1.26. The van der Waals surface area contributed by atoms with E-state index < -0.39 is 5.97 Å². The summed E-state index contributed by atoms with van der Waals surface area (Å²) in [6, 6.07) is 7.93. The van der Waals surface area contributed by atoms with Gasteiger partial charge in [-0.05, 0) is 44.5 Å². The van der Waals surface area contributed by atoms with Gasteiger partial charge in [-0.3, -0.25) is 9.48 Å². The van der Waals surface area contributed by atoms with Crippen LogP contribution in [0.5, 0.6) is 0 Å². The largest absolute Gasteiger partial charge is 0.451 e. The van der Waals surface area contributed by atoms with E-state index in [0.29, 0.717) is 11.4 Å². The van der Waals surface area contributed by atoms with Crippen molar-refractivity contribution in [3.63, 3.8) is 0 Å². The molecule has 0 unspecified atom stereocenters. The van der Waals surface area contributed by atoms with Crippen LogP contribution >= 0.6 is 11.3 Å². The van der Waals surface area contributed by atoms with E-state index >= 15 is 0 Å². The van der Waals surface area contributed by atoms with Crippen LogP contribution in [0.3, 0.4) is 0 Å². The fourth-order valence-corrected chi connectivity index (χ4v) is 3.70. The lowest BCUT2D eigenvalue weighted by Crippen LogP contribution is -2.33. The van der Waals surface area contributed by atoms with E-state index in [1.807, 2.05) is 20.8 Å². The summed E-state index contributed by atoms with van der Waals surface area (Å²) in [5, 5.41) is 8.02. The van der Waals surface area contributed by atoms with Crippen molar-refractivity contribution in [2.45, 2.75) is 33.4 Å². The molecule has 0 bridgehead atoms. The topological polar surface area (TPSA) is 73.2 Å². The molecule has 0 atom stereocenters. The van der Waals surface area contributed by atoms with Gasteiger partial charge in [0.05, 0.1) is 12.2 Å². The number of carbonyl (C=O) groups is 2. The fourth-order valence-electron chi connectivity index (χ4n) is 2.65. The monoisotopic (exact) mass is 389 g/mol. The predicted molar refractivity (Wildman–Crippen MR) is 101 cm³/mol. The Labute approximate surface area is 159 Å². The van der Waals surface area contributed by atoms with Gasteiger partial charge in [0.15, 0.2) is 6.61 Å². The molecule has 6 nitrogen and oxygen atoms in total. The minimum absolute atomic E-state index is 0.0133. The van der Waals surface area contributed by atoms with Crippen LogP contribution in [-0.2, 0) is 16.1 Å². The minimum Gasteiger partial charge on any atom is -0.451 e. The van der Waals surface area contributed by atoms with Gasteiger partial charge in [0.2, 0.25) is 0 Å². The number of rotatable bonds is 6. The van der Waals surface area contributed by atoms with Crippen LogP contribution in [0, 0.1) is 12.7 Å². The third-order valence-electron chi connectivity index (χ3n) is 3.84. The lowest BCUT2D eigenvalue weighted by atomic mass is 10.2. The van der Waals surface area contributed by atoms with Crippen LogP contribution in [0.4, 0.5) is 4.39 Å². The van der Waals surface area contributed by atoms with E-state index in [1.54, 1.807) is 22.9 Å². The molecule has 142 valence electrons. The molecule has 0 saturated carbocycles. The first kappa shape index (κ1) is 19.0. The Kier molecular flexibility index (Phi) is 5.55. The van der Waals surface area contributed by atoms with Crippen LogP contribution in [0.1, 0.15) is 34.8 Å².